The number of amides is 1. The van der Waals surface area contributed by atoms with Crippen LogP contribution in [0.2, 0.25) is 0 Å². The SMILES string of the molecule is COC(C(=O)O)C1(C2CN(C(=O)OC(C)(C)C)CCO2)CC1. The van der Waals surface area contributed by atoms with E-state index in [2.05, 4.69) is 0 Å². The number of carbonyl (C=O) groups excluding carboxylic acids is 1. The van der Waals surface area contributed by atoms with Crippen molar-refractivity contribution >= 4 is 12.1 Å². The Kier molecular flexibility index (Phi) is 4.67. The van der Waals surface area contributed by atoms with Crippen LogP contribution in [0.15, 0.2) is 0 Å². The van der Waals surface area contributed by atoms with Gasteiger partial charge >= 0.3 is 12.1 Å². The Morgan fingerprint density at radius 1 is 1.36 bits per heavy atom. The summed E-state index contributed by atoms with van der Waals surface area (Å²) in [6.07, 6.45) is -0.179. The molecular formula is C15H25NO6. The van der Waals surface area contributed by atoms with Crippen LogP contribution < -0.4 is 0 Å². The zero-order chi connectivity index (χ0) is 16.5. The van der Waals surface area contributed by atoms with E-state index in [4.69, 9.17) is 14.2 Å². The lowest BCUT2D eigenvalue weighted by molar-refractivity contribution is -0.162. The molecule has 1 saturated carbocycles. The largest absolute Gasteiger partial charge is 0.479 e. The average molecular weight is 315 g/mol. The van der Waals surface area contributed by atoms with Crippen molar-refractivity contribution in [1.29, 1.82) is 0 Å². The van der Waals surface area contributed by atoms with Gasteiger partial charge in [-0.2, -0.15) is 0 Å². The summed E-state index contributed by atoms with van der Waals surface area (Å²) < 4.78 is 16.3. The van der Waals surface area contributed by atoms with Crippen LogP contribution in [0.1, 0.15) is 33.6 Å². The number of hydrogen-bond donors (Lipinski definition) is 1. The molecule has 1 N–H and O–H groups in total. The Bertz CT molecular complexity index is 440. The third kappa shape index (κ3) is 3.52. The van der Waals surface area contributed by atoms with Gasteiger partial charge in [0.2, 0.25) is 0 Å². The Balaban J connectivity index is 2.05. The van der Waals surface area contributed by atoms with E-state index in [0.717, 1.165) is 12.8 Å². The zero-order valence-corrected chi connectivity index (χ0v) is 13.6. The molecule has 22 heavy (non-hydrogen) atoms. The van der Waals surface area contributed by atoms with Gasteiger partial charge in [0.1, 0.15) is 5.60 Å². The van der Waals surface area contributed by atoms with E-state index in [1.807, 2.05) is 20.8 Å². The molecule has 1 saturated heterocycles. The first kappa shape index (κ1) is 17.0. The van der Waals surface area contributed by atoms with Crippen molar-refractivity contribution in [2.75, 3.05) is 26.8 Å². The summed E-state index contributed by atoms with van der Waals surface area (Å²) in [5.41, 5.74) is -1.10. The minimum atomic E-state index is -0.988. The number of nitrogens with zero attached hydrogens (tertiary/aromatic N) is 1. The molecular weight excluding hydrogens is 290 g/mol. The number of carboxylic acids is 1. The van der Waals surface area contributed by atoms with Crippen molar-refractivity contribution in [2.45, 2.75) is 51.4 Å². The molecule has 2 rings (SSSR count). The summed E-state index contributed by atoms with van der Waals surface area (Å²) in [5.74, 6) is -0.988. The van der Waals surface area contributed by atoms with Gasteiger partial charge in [-0.1, -0.05) is 0 Å². The van der Waals surface area contributed by atoms with Crippen LogP contribution in [-0.2, 0) is 19.0 Å². The lowest BCUT2D eigenvalue weighted by Crippen LogP contribution is -2.53. The molecule has 0 aromatic heterocycles. The Morgan fingerprint density at radius 2 is 2.00 bits per heavy atom. The maximum absolute atomic E-state index is 12.2. The molecule has 1 heterocycles. The van der Waals surface area contributed by atoms with E-state index in [1.54, 1.807) is 4.90 Å². The smallest absolute Gasteiger partial charge is 0.410 e. The van der Waals surface area contributed by atoms with Crippen molar-refractivity contribution in [3.63, 3.8) is 0 Å². The molecule has 7 nitrogen and oxygen atoms in total. The van der Waals surface area contributed by atoms with Gasteiger partial charge < -0.3 is 24.2 Å². The van der Waals surface area contributed by atoms with E-state index in [9.17, 15) is 14.7 Å². The zero-order valence-electron chi connectivity index (χ0n) is 13.6. The Morgan fingerprint density at radius 3 is 2.45 bits per heavy atom. The van der Waals surface area contributed by atoms with Gasteiger partial charge in [0, 0.05) is 19.1 Å². The molecule has 1 aliphatic heterocycles. The molecule has 2 aliphatic rings. The predicted octanol–water partition coefficient (Wildman–Crippen LogP) is 1.50. The van der Waals surface area contributed by atoms with Gasteiger partial charge in [0.15, 0.2) is 6.10 Å². The second kappa shape index (κ2) is 6.04. The van der Waals surface area contributed by atoms with Gasteiger partial charge in [-0.05, 0) is 33.6 Å². The van der Waals surface area contributed by atoms with Crippen molar-refractivity contribution in [2.24, 2.45) is 5.41 Å². The van der Waals surface area contributed by atoms with Crippen LogP contribution in [-0.4, -0.2) is 66.7 Å². The van der Waals surface area contributed by atoms with Crippen LogP contribution in [0.25, 0.3) is 0 Å². The molecule has 0 aromatic rings. The molecule has 1 aliphatic carbocycles. The molecule has 2 unspecified atom stereocenters. The summed E-state index contributed by atoms with van der Waals surface area (Å²) >= 11 is 0. The summed E-state index contributed by atoms with van der Waals surface area (Å²) in [4.78, 5) is 25.1. The molecule has 0 bridgehead atoms. The first-order valence-corrected chi connectivity index (χ1v) is 7.55. The number of morpholine rings is 1. The molecule has 1 amide bonds. The molecule has 2 atom stereocenters. The lowest BCUT2D eigenvalue weighted by Gasteiger charge is -2.39. The van der Waals surface area contributed by atoms with Crippen LogP contribution in [0.4, 0.5) is 4.79 Å². The third-order valence-corrected chi connectivity index (χ3v) is 4.17. The van der Waals surface area contributed by atoms with Crippen molar-refractivity contribution in [3.05, 3.63) is 0 Å². The topological polar surface area (TPSA) is 85.3 Å². The molecule has 126 valence electrons. The van der Waals surface area contributed by atoms with E-state index in [0.29, 0.717) is 19.7 Å². The predicted molar refractivity (Wildman–Crippen MR) is 77.6 cm³/mol. The van der Waals surface area contributed by atoms with Gasteiger partial charge in [-0.25, -0.2) is 9.59 Å². The van der Waals surface area contributed by atoms with Crippen LogP contribution in [0.5, 0.6) is 0 Å². The second-order valence-electron chi connectivity index (χ2n) is 6.97. The number of carboxylic acid groups (broad SMARTS) is 1. The van der Waals surface area contributed by atoms with Crippen LogP contribution >= 0.6 is 0 Å². The summed E-state index contributed by atoms with van der Waals surface area (Å²) in [6, 6.07) is 0. The normalized spacial score (nSPS) is 25.5. The molecule has 7 heteroatoms. The number of aliphatic carboxylic acids is 1. The molecule has 0 spiro atoms. The first-order chi connectivity index (χ1) is 10.2. The number of ether oxygens (including phenoxy) is 3. The number of rotatable bonds is 4. The highest BCUT2D eigenvalue weighted by Gasteiger charge is 2.60. The average Bonchev–Trinajstić information content (AvgIpc) is 3.19. The fraction of sp³-hybridized carbons (Fsp3) is 0.867. The summed E-state index contributed by atoms with van der Waals surface area (Å²) in [7, 11) is 1.40. The Labute approximate surface area is 130 Å². The van der Waals surface area contributed by atoms with Crippen molar-refractivity contribution in [3.8, 4) is 0 Å². The minimum Gasteiger partial charge on any atom is -0.479 e. The highest BCUT2D eigenvalue weighted by molar-refractivity contribution is 5.74. The van der Waals surface area contributed by atoms with Crippen molar-refractivity contribution < 1.29 is 28.9 Å². The van der Waals surface area contributed by atoms with Gasteiger partial charge in [0.25, 0.3) is 0 Å². The van der Waals surface area contributed by atoms with E-state index >= 15 is 0 Å². The van der Waals surface area contributed by atoms with Crippen LogP contribution in [0.3, 0.4) is 0 Å². The lowest BCUT2D eigenvalue weighted by atomic mass is 9.90. The van der Waals surface area contributed by atoms with Crippen LogP contribution in [0, 0.1) is 5.41 Å². The maximum Gasteiger partial charge on any atom is 0.410 e. The third-order valence-electron chi connectivity index (χ3n) is 4.17. The number of methoxy groups -OCH3 is 1. The Hall–Kier alpha value is -1.34. The number of hydrogen-bond acceptors (Lipinski definition) is 5. The quantitative estimate of drug-likeness (QED) is 0.846. The molecule has 0 aromatic carbocycles. The number of carbonyl (C=O) groups is 2. The molecule has 2 fully saturated rings. The van der Waals surface area contributed by atoms with Gasteiger partial charge in [-0.15, -0.1) is 0 Å². The highest BCUT2D eigenvalue weighted by Crippen LogP contribution is 2.54. The van der Waals surface area contributed by atoms with E-state index < -0.39 is 23.1 Å². The highest BCUT2D eigenvalue weighted by atomic mass is 16.6. The minimum absolute atomic E-state index is 0.335. The van der Waals surface area contributed by atoms with E-state index in [1.165, 1.54) is 7.11 Å². The fourth-order valence-electron chi connectivity index (χ4n) is 2.97. The molecule has 0 radical (unpaired) electrons. The van der Waals surface area contributed by atoms with Gasteiger partial charge in [0.05, 0.1) is 19.3 Å². The first-order valence-electron chi connectivity index (χ1n) is 7.55. The fourth-order valence-corrected chi connectivity index (χ4v) is 2.97. The summed E-state index contributed by atoms with van der Waals surface area (Å²) in [5, 5.41) is 9.32. The summed E-state index contributed by atoms with van der Waals surface area (Å²) in [6.45, 7) is 6.61. The van der Waals surface area contributed by atoms with Crippen molar-refractivity contribution in [1.82, 2.24) is 4.90 Å². The standard InChI is InChI=1S/C15H25NO6/c1-14(2,3)22-13(19)16-7-8-21-10(9-16)15(5-6-15)11(20-4)12(17)18/h10-11H,5-9H2,1-4H3,(H,17,18). The second-order valence-corrected chi connectivity index (χ2v) is 6.97. The van der Waals surface area contributed by atoms with E-state index in [-0.39, 0.29) is 12.2 Å². The monoisotopic (exact) mass is 315 g/mol. The van der Waals surface area contributed by atoms with Gasteiger partial charge in [-0.3, -0.25) is 0 Å². The maximum atomic E-state index is 12.2.